The summed E-state index contributed by atoms with van der Waals surface area (Å²) < 4.78 is 42.8. The molecule has 0 aliphatic heterocycles. The topological polar surface area (TPSA) is 74.9 Å². The van der Waals surface area contributed by atoms with Gasteiger partial charge in [0.2, 0.25) is 0 Å². The van der Waals surface area contributed by atoms with Crippen molar-refractivity contribution in [3.8, 4) is 11.5 Å². The average Bonchev–Trinajstić information content (AvgIpc) is 3.69. The van der Waals surface area contributed by atoms with Gasteiger partial charge < -0.3 is 24.3 Å². The van der Waals surface area contributed by atoms with Crippen molar-refractivity contribution in [2.75, 3.05) is 25.6 Å². The second-order valence-corrected chi connectivity index (χ2v) is 11.0. The van der Waals surface area contributed by atoms with E-state index in [4.69, 9.17) is 32.7 Å². The van der Waals surface area contributed by atoms with Crippen LogP contribution >= 0.6 is 35.0 Å². The quantitative estimate of drug-likeness (QED) is 0.0992. The second-order valence-electron chi connectivity index (χ2n) is 9.19. The van der Waals surface area contributed by atoms with Crippen LogP contribution in [0.3, 0.4) is 0 Å². The summed E-state index contributed by atoms with van der Waals surface area (Å²) in [5.74, 6) is 0.337. The number of thioether (sulfide) groups is 1. The van der Waals surface area contributed by atoms with Crippen LogP contribution in [0.1, 0.15) is 30.1 Å². The molecule has 1 aliphatic rings. The van der Waals surface area contributed by atoms with Crippen molar-refractivity contribution in [2.24, 2.45) is 5.92 Å². The molecule has 0 N–H and O–H groups in total. The van der Waals surface area contributed by atoms with Crippen molar-refractivity contribution in [2.45, 2.75) is 36.9 Å². The molecular formula is C27H26Cl2F2N2O5S. The lowest BCUT2D eigenvalue weighted by Gasteiger charge is -2.21. The van der Waals surface area contributed by atoms with Gasteiger partial charge >= 0.3 is 11.9 Å². The first-order chi connectivity index (χ1) is 18.6. The Hall–Kier alpha value is -2.95. The predicted octanol–water partition coefficient (Wildman–Crippen LogP) is 7.30. The molecule has 1 saturated carbocycles. The number of pyridine rings is 1. The van der Waals surface area contributed by atoms with Crippen molar-refractivity contribution in [1.29, 1.82) is 0 Å². The molecular weight excluding hydrogens is 573 g/mol. The summed E-state index contributed by atoms with van der Waals surface area (Å²) in [6.07, 6.45) is 3.37. The number of rotatable bonds is 11. The highest BCUT2D eigenvalue weighted by Crippen LogP contribution is 2.38. The number of benzene rings is 2. The Kier molecular flexibility index (Phi) is 9.63. The summed E-state index contributed by atoms with van der Waals surface area (Å²) in [7, 11) is 3.78. The first-order valence-electron chi connectivity index (χ1n) is 12.0. The van der Waals surface area contributed by atoms with E-state index >= 15 is 0 Å². The van der Waals surface area contributed by atoms with Gasteiger partial charge in [0.25, 0.3) is 0 Å². The molecule has 4 rings (SSSR count). The maximum atomic E-state index is 13.1. The number of alkyl halides is 2. The highest BCUT2D eigenvalue weighted by Gasteiger charge is 2.26. The molecule has 0 bridgehead atoms. The highest BCUT2D eigenvalue weighted by atomic mass is 35.5. The molecule has 39 heavy (non-hydrogen) atoms. The lowest BCUT2D eigenvalue weighted by atomic mass is 10.0. The first kappa shape index (κ1) is 29.0. The fraction of sp³-hybridized carbons (Fsp3) is 0.333. The van der Waals surface area contributed by atoms with Crippen LogP contribution in [0.25, 0.3) is 0 Å². The van der Waals surface area contributed by atoms with E-state index in [2.05, 4.69) is 4.74 Å². The monoisotopic (exact) mass is 598 g/mol. The van der Waals surface area contributed by atoms with Crippen molar-refractivity contribution in [3.63, 3.8) is 0 Å². The van der Waals surface area contributed by atoms with E-state index in [1.165, 1.54) is 18.2 Å². The van der Waals surface area contributed by atoms with E-state index in [1.54, 1.807) is 6.07 Å². The molecule has 3 aromatic rings. The molecule has 7 nitrogen and oxygen atoms in total. The fourth-order valence-electron chi connectivity index (χ4n) is 3.72. The molecule has 0 amide bonds. The third kappa shape index (κ3) is 8.27. The molecule has 208 valence electrons. The normalized spacial score (nSPS) is 13.7. The summed E-state index contributed by atoms with van der Waals surface area (Å²) in [6.45, 7) is -2.69. The number of aromatic nitrogens is 1. The standard InChI is InChI=1S/C27H26Cl2F2N2O5S/c1-32(2)18-4-3-5-19(11-18)39-27(34)38-24(12-20-21(28)13-33(35)14-22(20)29)17-8-9-23(37-26(30)31)25(10-17)36-15-16-6-7-16/h3-5,8-11,13-14,16,24,26H,6-7,12,15H2,1-2H3/t24-/m0/s1. The summed E-state index contributed by atoms with van der Waals surface area (Å²) in [5.41, 5.74) is 1.74. The average molecular weight is 599 g/mol. The highest BCUT2D eigenvalue weighted by molar-refractivity contribution is 8.13. The summed E-state index contributed by atoms with van der Waals surface area (Å²) in [6, 6.07) is 11.7. The van der Waals surface area contributed by atoms with Gasteiger partial charge in [-0.3, -0.25) is 0 Å². The van der Waals surface area contributed by atoms with Crippen LogP contribution in [-0.2, 0) is 11.2 Å². The fourth-order valence-corrected chi connectivity index (χ4v) is 5.01. The molecule has 0 unspecified atom stereocenters. The Morgan fingerprint density at radius 3 is 2.49 bits per heavy atom. The molecule has 0 saturated heterocycles. The van der Waals surface area contributed by atoms with E-state index in [-0.39, 0.29) is 28.0 Å². The molecule has 1 aliphatic carbocycles. The van der Waals surface area contributed by atoms with Crippen LogP contribution in [0.2, 0.25) is 10.0 Å². The second kappa shape index (κ2) is 12.9. The third-order valence-corrected chi connectivity index (χ3v) is 7.35. The van der Waals surface area contributed by atoms with Gasteiger partial charge in [-0.2, -0.15) is 13.5 Å². The van der Waals surface area contributed by atoms with Gasteiger partial charge in [0.05, 0.1) is 6.61 Å². The Morgan fingerprint density at radius 2 is 1.85 bits per heavy atom. The lowest BCUT2D eigenvalue weighted by Crippen LogP contribution is -2.25. The Labute approximate surface area is 239 Å². The Balaban J connectivity index is 1.64. The minimum Gasteiger partial charge on any atom is -0.619 e. The number of carbonyl (C=O) groups excluding carboxylic acids is 1. The van der Waals surface area contributed by atoms with Gasteiger partial charge in [-0.25, -0.2) is 4.79 Å². The van der Waals surface area contributed by atoms with Crippen molar-refractivity contribution in [1.82, 2.24) is 0 Å². The van der Waals surface area contributed by atoms with Crippen molar-refractivity contribution < 1.29 is 32.5 Å². The molecule has 12 heteroatoms. The largest absolute Gasteiger partial charge is 0.619 e. The molecule has 0 radical (unpaired) electrons. The lowest BCUT2D eigenvalue weighted by molar-refractivity contribution is -0.605. The smallest absolute Gasteiger partial charge is 0.387 e. The Bertz CT molecular complexity index is 1300. The summed E-state index contributed by atoms with van der Waals surface area (Å²) in [4.78, 5) is 15.6. The number of hydrogen-bond acceptors (Lipinski definition) is 7. The summed E-state index contributed by atoms with van der Waals surface area (Å²) in [5, 5.41) is 11.3. The zero-order valence-electron chi connectivity index (χ0n) is 21.1. The van der Waals surface area contributed by atoms with Crippen molar-refractivity contribution in [3.05, 3.63) is 81.2 Å². The van der Waals surface area contributed by atoms with Gasteiger partial charge in [-0.15, -0.1) is 0 Å². The van der Waals surface area contributed by atoms with Crippen LogP contribution in [0.4, 0.5) is 19.3 Å². The minimum absolute atomic E-state index is 0.0136. The molecule has 1 heterocycles. The zero-order chi connectivity index (χ0) is 28.1. The van der Waals surface area contributed by atoms with E-state index in [9.17, 15) is 18.8 Å². The summed E-state index contributed by atoms with van der Waals surface area (Å²) >= 11 is 13.5. The van der Waals surface area contributed by atoms with Crippen LogP contribution in [0.15, 0.2) is 59.8 Å². The maximum Gasteiger partial charge on any atom is 0.387 e. The predicted molar refractivity (Wildman–Crippen MR) is 146 cm³/mol. The van der Waals surface area contributed by atoms with E-state index in [0.717, 1.165) is 42.7 Å². The number of nitrogens with zero attached hydrogens (tertiary/aromatic N) is 2. The zero-order valence-corrected chi connectivity index (χ0v) is 23.4. The van der Waals surface area contributed by atoms with Crippen LogP contribution < -0.4 is 19.1 Å². The van der Waals surface area contributed by atoms with Gasteiger partial charge in [0.1, 0.15) is 16.1 Å². The van der Waals surface area contributed by atoms with Gasteiger partial charge in [0, 0.05) is 36.7 Å². The van der Waals surface area contributed by atoms with E-state index in [0.29, 0.717) is 33.3 Å². The third-order valence-electron chi connectivity index (χ3n) is 5.95. The number of halogens is 4. The molecule has 1 aromatic heterocycles. The van der Waals surface area contributed by atoms with Gasteiger partial charge in [-0.05, 0) is 66.4 Å². The van der Waals surface area contributed by atoms with Crippen LogP contribution in [-0.4, -0.2) is 32.6 Å². The first-order valence-corrected chi connectivity index (χ1v) is 13.6. The number of carbonyl (C=O) groups is 1. The van der Waals surface area contributed by atoms with Gasteiger partial charge in [0.15, 0.2) is 23.9 Å². The number of hydrogen-bond donors (Lipinski definition) is 0. The Morgan fingerprint density at radius 1 is 1.13 bits per heavy atom. The maximum absolute atomic E-state index is 13.1. The number of ether oxygens (including phenoxy) is 3. The van der Waals surface area contributed by atoms with Crippen LogP contribution in [0.5, 0.6) is 11.5 Å². The van der Waals surface area contributed by atoms with Gasteiger partial charge in [-0.1, -0.05) is 35.3 Å². The van der Waals surface area contributed by atoms with Crippen molar-refractivity contribution >= 4 is 46.0 Å². The molecule has 1 fully saturated rings. The molecule has 0 spiro atoms. The molecule has 1 atom stereocenters. The minimum atomic E-state index is -3.04. The molecule has 2 aromatic carbocycles. The van der Waals surface area contributed by atoms with E-state index < -0.39 is 18.0 Å². The number of anilines is 1. The van der Waals surface area contributed by atoms with Crippen LogP contribution in [0, 0.1) is 11.1 Å². The SMILES string of the molecule is CN(C)c1cccc(SC(=O)O[C@@H](Cc2c(Cl)c[n+]([O-])cc2Cl)c2ccc(OC(F)F)c(OCC3CC3)c2)c1. The van der Waals surface area contributed by atoms with E-state index in [1.807, 2.05) is 37.2 Å².